The Balaban J connectivity index is 2.46. The second kappa shape index (κ2) is 5.64. The molecule has 1 unspecified atom stereocenters. The first-order valence-electron chi connectivity index (χ1n) is 6.99. The van der Waals surface area contributed by atoms with Crippen LogP contribution in [0.4, 0.5) is 0 Å². The second-order valence-electron chi connectivity index (χ2n) is 5.71. The lowest BCUT2D eigenvalue weighted by Gasteiger charge is -2.23. The van der Waals surface area contributed by atoms with Crippen molar-refractivity contribution >= 4 is 11.9 Å². The third kappa shape index (κ3) is 2.84. The molecule has 0 fully saturated rings. The maximum absolute atomic E-state index is 11.2. The van der Waals surface area contributed by atoms with Crippen molar-refractivity contribution in [2.75, 3.05) is 0 Å². The molecule has 0 saturated carbocycles. The van der Waals surface area contributed by atoms with Crippen molar-refractivity contribution in [2.24, 2.45) is 5.73 Å². The number of carboxylic acid groups (broad SMARTS) is 1. The number of primary amides is 1. The second-order valence-corrected chi connectivity index (χ2v) is 5.71. The number of rotatable bonds is 5. The molecule has 1 atom stereocenters. The Morgan fingerprint density at radius 2 is 2.20 bits per heavy atom. The molecule has 0 spiro atoms. The van der Waals surface area contributed by atoms with Crippen molar-refractivity contribution in [3.8, 4) is 0 Å². The van der Waals surface area contributed by atoms with Gasteiger partial charge in [0.15, 0.2) is 0 Å². The number of amides is 1. The van der Waals surface area contributed by atoms with Gasteiger partial charge in [-0.05, 0) is 31.1 Å². The van der Waals surface area contributed by atoms with E-state index in [-0.39, 0.29) is 24.8 Å². The van der Waals surface area contributed by atoms with Crippen molar-refractivity contribution in [3.63, 3.8) is 0 Å². The maximum Gasteiger partial charge on any atom is 0.303 e. The van der Waals surface area contributed by atoms with Gasteiger partial charge in [-0.15, -0.1) is 0 Å². The Bertz CT molecular complexity index is 534. The van der Waals surface area contributed by atoms with Crippen LogP contribution in [0.25, 0.3) is 0 Å². The summed E-state index contributed by atoms with van der Waals surface area (Å²) in [4.78, 5) is 22.2. The molecule has 0 saturated heterocycles. The molecule has 1 aromatic heterocycles. The van der Waals surface area contributed by atoms with Gasteiger partial charge in [-0.2, -0.15) is 5.10 Å². The van der Waals surface area contributed by atoms with E-state index in [9.17, 15) is 9.59 Å². The van der Waals surface area contributed by atoms with Crippen LogP contribution < -0.4 is 5.73 Å². The monoisotopic (exact) mass is 279 g/mol. The number of carboxylic acids is 1. The fraction of sp³-hybridized carbons (Fsp3) is 0.643. The highest BCUT2D eigenvalue weighted by Crippen LogP contribution is 2.38. The molecule has 1 aromatic rings. The summed E-state index contributed by atoms with van der Waals surface area (Å²) in [5, 5.41) is 13.6. The van der Waals surface area contributed by atoms with Crippen molar-refractivity contribution in [1.29, 1.82) is 0 Å². The van der Waals surface area contributed by atoms with Crippen LogP contribution in [-0.4, -0.2) is 26.8 Å². The van der Waals surface area contributed by atoms with Crippen LogP contribution in [0, 0.1) is 0 Å². The molecule has 0 aliphatic heterocycles. The van der Waals surface area contributed by atoms with E-state index in [0.717, 1.165) is 36.2 Å². The number of nitrogens with two attached hydrogens (primary N) is 1. The predicted molar refractivity (Wildman–Crippen MR) is 73.4 cm³/mol. The average molecular weight is 279 g/mol. The summed E-state index contributed by atoms with van der Waals surface area (Å²) < 4.78 is 1.67. The molecule has 20 heavy (non-hydrogen) atoms. The molecule has 6 nitrogen and oxygen atoms in total. The number of fused-ring (bicyclic) bond motifs is 1. The van der Waals surface area contributed by atoms with E-state index in [1.54, 1.807) is 4.68 Å². The molecule has 1 amide bonds. The Hall–Kier alpha value is -1.85. The lowest BCUT2D eigenvalue weighted by atomic mass is 9.81. The van der Waals surface area contributed by atoms with E-state index < -0.39 is 11.9 Å². The Kier molecular flexibility index (Phi) is 4.11. The first-order chi connectivity index (χ1) is 9.40. The van der Waals surface area contributed by atoms with Crippen LogP contribution in [0.15, 0.2) is 0 Å². The largest absolute Gasteiger partial charge is 0.481 e. The average Bonchev–Trinajstić information content (AvgIpc) is 2.68. The molecule has 6 heteroatoms. The summed E-state index contributed by atoms with van der Waals surface area (Å²) in [5.74, 6) is -1.02. The first-order valence-corrected chi connectivity index (χ1v) is 6.99. The lowest BCUT2D eigenvalue weighted by Crippen LogP contribution is -2.22. The third-order valence-electron chi connectivity index (χ3n) is 3.77. The molecule has 3 N–H and O–H groups in total. The van der Waals surface area contributed by atoms with E-state index >= 15 is 0 Å². The molecular weight excluding hydrogens is 258 g/mol. The predicted octanol–water partition coefficient (Wildman–Crippen LogP) is 1.39. The Labute approximate surface area is 118 Å². The van der Waals surface area contributed by atoms with E-state index in [0.29, 0.717) is 0 Å². The highest BCUT2D eigenvalue weighted by atomic mass is 16.4. The number of carbonyl (C=O) groups is 2. The van der Waals surface area contributed by atoms with E-state index in [1.807, 2.05) is 13.8 Å². The summed E-state index contributed by atoms with van der Waals surface area (Å²) in [7, 11) is 0. The number of hydrogen-bond acceptors (Lipinski definition) is 3. The van der Waals surface area contributed by atoms with Crippen molar-refractivity contribution in [1.82, 2.24) is 9.78 Å². The molecule has 1 aliphatic carbocycles. The van der Waals surface area contributed by atoms with Gasteiger partial charge in [0.2, 0.25) is 5.91 Å². The molecule has 0 bridgehead atoms. The molecular formula is C14H21N3O3. The molecule has 1 heterocycles. The molecule has 1 aliphatic rings. The minimum atomic E-state index is -0.791. The number of aliphatic carboxylic acids is 1. The van der Waals surface area contributed by atoms with Crippen molar-refractivity contribution < 1.29 is 14.7 Å². The minimum absolute atomic E-state index is 0.00437. The zero-order valence-electron chi connectivity index (χ0n) is 11.9. The van der Waals surface area contributed by atoms with Gasteiger partial charge in [-0.3, -0.25) is 14.3 Å². The van der Waals surface area contributed by atoms with Gasteiger partial charge in [-0.1, -0.05) is 13.8 Å². The summed E-state index contributed by atoms with van der Waals surface area (Å²) in [5.41, 5.74) is 8.20. The Morgan fingerprint density at radius 3 is 2.75 bits per heavy atom. The van der Waals surface area contributed by atoms with Crippen LogP contribution in [0.5, 0.6) is 0 Å². The van der Waals surface area contributed by atoms with Gasteiger partial charge in [0.1, 0.15) is 6.54 Å². The number of carbonyl (C=O) groups excluding carboxylic acids is 1. The van der Waals surface area contributed by atoms with Gasteiger partial charge >= 0.3 is 5.97 Å². The number of nitrogens with zero attached hydrogens (tertiary/aromatic N) is 2. The zero-order valence-corrected chi connectivity index (χ0v) is 11.9. The molecule has 0 aromatic carbocycles. The van der Waals surface area contributed by atoms with Gasteiger partial charge in [-0.25, -0.2) is 0 Å². The fourth-order valence-corrected chi connectivity index (χ4v) is 3.02. The van der Waals surface area contributed by atoms with Gasteiger partial charge in [0.05, 0.1) is 12.1 Å². The van der Waals surface area contributed by atoms with Gasteiger partial charge in [0.25, 0.3) is 0 Å². The van der Waals surface area contributed by atoms with Crippen molar-refractivity contribution in [2.45, 2.75) is 57.9 Å². The van der Waals surface area contributed by atoms with Crippen LogP contribution in [-0.2, 0) is 22.6 Å². The Morgan fingerprint density at radius 1 is 1.50 bits per heavy atom. The van der Waals surface area contributed by atoms with Crippen molar-refractivity contribution in [3.05, 3.63) is 17.0 Å². The lowest BCUT2D eigenvalue weighted by molar-refractivity contribution is -0.137. The topological polar surface area (TPSA) is 98.2 Å². The van der Waals surface area contributed by atoms with Crippen LogP contribution >= 0.6 is 0 Å². The van der Waals surface area contributed by atoms with Crippen LogP contribution in [0.1, 0.15) is 61.9 Å². The molecule has 110 valence electrons. The third-order valence-corrected chi connectivity index (χ3v) is 3.77. The number of aromatic nitrogens is 2. The van der Waals surface area contributed by atoms with E-state index in [2.05, 4.69) is 5.10 Å². The molecule has 2 rings (SSSR count). The standard InChI is InChI=1S/C14H21N3O3/c1-8(2)14-13-9(6-12(19)20)4-3-5-10(13)17(16-14)7-11(15)18/h8-9H,3-7H2,1-2H3,(H2,15,18)(H,19,20). The summed E-state index contributed by atoms with van der Waals surface area (Å²) in [6.45, 7) is 4.13. The zero-order chi connectivity index (χ0) is 14.9. The quantitative estimate of drug-likeness (QED) is 0.850. The molecule has 0 radical (unpaired) electrons. The maximum atomic E-state index is 11.2. The van der Waals surface area contributed by atoms with E-state index in [4.69, 9.17) is 10.8 Å². The van der Waals surface area contributed by atoms with Crippen LogP contribution in [0.3, 0.4) is 0 Å². The van der Waals surface area contributed by atoms with Crippen LogP contribution in [0.2, 0.25) is 0 Å². The van der Waals surface area contributed by atoms with Gasteiger partial charge < -0.3 is 10.8 Å². The summed E-state index contributed by atoms with van der Waals surface area (Å²) in [6.07, 6.45) is 2.74. The first kappa shape index (κ1) is 14.6. The normalized spacial score (nSPS) is 18.1. The highest BCUT2D eigenvalue weighted by Gasteiger charge is 2.31. The van der Waals surface area contributed by atoms with Gasteiger partial charge in [0, 0.05) is 11.3 Å². The summed E-state index contributed by atoms with van der Waals surface area (Å²) in [6, 6.07) is 0. The smallest absolute Gasteiger partial charge is 0.303 e. The fourth-order valence-electron chi connectivity index (χ4n) is 3.02. The summed E-state index contributed by atoms with van der Waals surface area (Å²) >= 11 is 0. The minimum Gasteiger partial charge on any atom is -0.481 e. The SMILES string of the molecule is CC(C)c1nn(CC(N)=O)c2c1C(CC(=O)O)CCC2. The highest BCUT2D eigenvalue weighted by molar-refractivity contribution is 5.73. The van der Waals surface area contributed by atoms with E-state index in [1.165, 1.54) is 0 Å². The number of hydrogen-bond donors (Lipinski definition) is 2.